The lowest BCUT2D eigenvalue weighted by Gasteiger charge is -2.06. The molecule has 0 saturated heterocycles. The Bertz CT molecular complexity index is 312. The Morgan fingerprint density at radius 3 is 3.07 bits per heavy atom. The molecule has 1 rings (SSSR count). The van der Waals surface area contributed by atoms with Crippen molar-refractivity contribution in [3.63, 3.8) is 0 Å². The normalized spacial score (nSPS) is 9.86. The predicted octanol–water partition coefficient (Wildman–Crippen LogP) is 0.355. The summed E-state index contributed by atoms with van der Waals surface area (Å²) in [5.41, 5.74) is 7.43. The van der Waals surface area contributed by atoms with Crippen molar-refractivity contribution in [2.75, 3.05) is 6.54 Å². The molecule has 0 aliphatic carbocycles. The molecule has 14 heavy (non-hydrogen) atoms. The molecule has 0 spiro atoms. The summed E-state index contributed by atoms with van der Waals surface area (Å²) >= 11 is 0. The molecular formula is C10H15N3O. The van der Waals surface area contributed by atoms with Gasteiger partial charge in [-0.1, -0.05) is 0 Å². The van der Waals surface area contributed by atoms with Gasteiger partial charge in [-0.05, 0) is 24.1 Å². The summed E-state index contributed by atoms with van der Waals surface area (Å²) in [5, 5.41) is 2.78. The van der Waals surface area contributed by atoms with E-state index in [0.717, 1.165) is 11.1 Å². The number of amides is 1. The van der Waals surface area contributed by atoms with Gasteiger partial charge in [-0.15, -0.1) is 0 Å². The second-order valence-corrected chi connectivity index (χ2v) is 3.12. The van der Waals surface area contributed by atoms with Gasteiger partial charge in [-0.3, -0.25) is 9.78 Å². The minimum Gasteiger partial charge on any atom is -0.352 e. The Hall–Kier alpha value is -1.42. The van der Waals surface area contributed by atoms with Gasteiger partial charge in [0.2, 0.25) is 5.91 Å². The van der Waals surface area contributed by atoms with Crippen LogP contribution in [0.4, 0.5) is 0 Å². The number of hydrogen-bond acceptors (Lipinski definition) is 3. The third-order valence-electron chi connectivity index (χ3n) is 1.99. The topological polar surface area (TPSA) is 68.0 Å². The van der Waals surface area contributed by atoms with E-state index in [-0.39, 0.29) is 5.91 Å². The molecule has 0 atom stereocenters. The van der Waals surface area contributed by atoms with Gasteiger partial charge in [-0.2, -0.15) is 0 Å². The number of carbonyl (C=O) groups is 1. The highest BCUT2D eigenvalue weighted by Gasteiger charge is 2.01. The number of aryl methyl sites for hydroxylation is 1. The lowest BCUT2D eigenvalue weighted by molar-refractivity contribution is -0.121. The smallest absolute Gasteiger partial charge is 0.221 e. The Labute approximate surface area is 83.5 Å². The maximum atomic E-state index is 11.1. The molecular weight excluding hydrogens is 178 g/mol. The number of rotatable bonds is 4. The molecule has 0 bridgehead atoms. The van der Waals surface area contributed by atoms with Crippen LogP contribution in [0.2, 0.25) is 0 Å². The van der Waals surface area contributed by atoms with E-state index in [9.17, 15) is 4.79 Å². The molecule has 0 aliphatic rings. The summed E-state index contributed by atoms with van der Waals surface area (Å²) < 4.78 is 0. The van der Waals surface area contributed by atoms with Crippen LogP contribution in [0.5, 0.6) is 0 Å². The van der Waals surface area contributed by atoms with Crippen molar-refractivity contribution in [2.45, 2.75) is 19.9 Å². The summed E-state index contributed by atoms with van der Waals surface area (Å²) in [7, 11) is 0. The maximum Gasteiger partial charge on any atom is 0.221 e. The van der Waals surface area contributed by atoms with Crippen LogP contribution in [-0.4, -0.2) is 17.4 Å². The monoisotopic (exact) mass is 193 g/mol. The molecule has 1 amide bonds. The third-order valence-corrected chi connectivity index (χ3v) is 1.99. The average molecular weight is 193 g/mol. The van der Waals surface area contributed by atoms with Crippen molar-refractivity contribution in [1.29, 1.82) is 0 Å². The molecule has 1 aromatic rings. The number of aromatic nitrogens is 1. The van der Waals surface area contributed by atoms with E-state index < -0.39 is 0 Å². The second-order valence-electron chi connectivity index (χ2n) is 3.12. The molecule has 3 N–H and O–H groups in total. The lowest BCUT2D eigenvalue weighted by Crippen LogP contribution is -2.25. The Kier molecular flexibility index (Phi) is 4.07. The van der Waals surface area contributed by atoms with Gasteiger partial charge in [0.25, 0.3) is 0 Å². The minimum absolute atomic E-state index is 0.0178. The van der Waals surface area contributed by atoms with Gasteiger partial charge in [0, 0.05) is 31.9 Å². The van der Waals surface area contributed by atoms with Crippen LogP contribution in [-0.2, 0) is 11.3 Å². The largest absolute Gasteiger partial charge is 0.352 e. The zero-order valence-electron chi connectivity index (χ0n) is 8.29. The van der Waals surface area contributed by atoms with E-state index in [1.807, 2.05) is 13.0 Å². The zero-order chi connectivity index (χ0) is 10.4. The first-order valence-corrected chi connectivity index (χ1v) is 4.60. The van der Waals surface area contributed by atoms with Crippen LogP contribution in [0.1, 0.15) is 17.5 Å². The van der Waals surface area contributed by atoms with E-state index >= 15 is 0 Å². The number of pyridine rings is 1. The van der Waals surface area contributed by atoms with E-state index in [4.69, 9.17) is 5.73 Å². The highest BCUT2D eigenvalue weighted by Crippen LogP contribution is 2.03. The average Bonchev–Trinajstić information content (AvgIpc) is 2.17. The van der Waals surface area contributed by atoms with Crippen molar-refractivity contribution >= 4 is 5.91 Å². The fourth-order valence-electron chi connectivity index (χ4n) is 1.10. The van der Waals surface area contributed by atoms with E-state index in [1.165, 1.54) is 0 Å². The number of carbonyl (C=O) groups excluding carboxylic acids is 1. The molecule has 0 saturated carbocycles. The highest BCUT2D eigenvalue weighted by molar-refractivity contribution is 5.76. The molecule has 76 valence electrons. The lowest BCUT2D eigenvalue weighted by atomic mass is 10.1. The summed E-state index contributed by atoms with van der Waals surface area (Å²) in [6.07, 6.45) is 3.87. The predicted molar refractivity (Wildman–Crippen MR) is 54.5 cm³/mol. The molecule has 4 heteroatoms. The molecule has 0 aromatic carbocycles. The first-order valence-electron chi connectivity index (χ1n) is 4.60. The molecule has 0 radical (unpaired) electrons. The van der Waals surface area contributed by atoms with Crippen LogP contribution < -0.4 is 11.1 Å². The molecule has 1 heterocycles. The fourth-order valence-corrected chi connectivity index (χ4v) is 1.10. The fraction of sp³-hybridized carbons (Fsp3) is 0.400. The van der Waals surface area contributed by atoms with Crippen LogP contribution in [0.3, 0.4) is 0 Å². The molecule has 0 fully saturated rings. The maximum absolute atomic E-state index is 11.1. The Morgan fingerprint density at radius 1 is 1.64 bits per heavy atom. The number of hydrogen-bond donors (Lipinski definition) is 2. The van der Waals surface area contributed by atoms with Crippen molar-refractivity contribution < 1.29 is 4.79 Å². The van der Waals surface area contributed by atoms with E-state index in [1.54, 1.807) is 12.4 Å². The first-order chi connectivity index (χ1) is 6.74. The van der Waals surface area contributed by atoms with E-state index in [0.29, 0.717) is 19.5 Å². The van der Waals surface area contributed by atoms with Gasteiger partial charge in [-0.25, -0.2) is 0 Å². The first kappa shape index (κ1) is 10.7. The summed E-state index contributed by atoms with van der Waals surface area (Å²) in [6, 6.07) is 1.92. The van der Waals surface area contributed by atoms with Crippen LogP contribution in [0.25, 0.3) is 0 Å². The summed E-state index contributed by atoms with van der Waals surface area (Å²) in [5.74, 6) is -0.0178. The molecule has 0 unspecified atom stereocenters. The molecule has 0 aliphatic heterocycles. The standard InChI is InChI=1S/C10H15N3O/c1-8-3-5-12-6-9(8)7-13-10(14)2-4-11/h3,5-6H,2,4,7,11H2,1H3,(H,13,14). The van der Waals surface area contributed by atoms with Crippen molar-refractivity contribution in [3.05, 3.63) is 29.6 Å². The Balaban J connectivity index is 2.46. The third kappa shape index (κ3) is 3.14. The van der Waals surface area contributed by atoms with Crippen LogP contribution in [0, 0.1) is 6.92 Å². The van der Waals surface area contributed by atoms with Crippen molar-refractivity contribution in [2.24, 2.45) is 5.73 Å². The van der Waals surface area contributed by atoms with Crippen molar-refractivity contribution in [3.8, 4) is 0 Å². The molecule has 1 aromatic heterocycles. The second kappa shape index (κ2) is 5.34. The highest BCUT2D eigenvalue weighted by atomic mass is 16.1. The Morgan fingerprint density at radius 2 is 2.43 bits per heavy atom. The molecule has 4 nitrogen and oxygen atoms in total. The van der Waals surface area contributed by atoms with Gasteiger partial charge in [0.15, 0.2) is 0 Å². The minimum atomic E-state index is -0.0178. The van der Waals surface area contributed by atoms with Gasteiger partial charge >= 0.3 is 0 Å². The number of nitrogens with one attached hydrogen (secondary N) is 1. The SMILES string of the molecule is Cc1ccncc1CNC(=O)CCN. The van der Waals surface area contributed by atoms with Crippen molar-refractivity contribution in [1.82, 2.24) is 10.3 Å². The summed E-state index contributed by atoms with van der Waals surface area (Å²) in [6.45, 7) is 2.91. The quantitative estimate of drug-likeness (QED) is 0.725. The summed E-state index contributed by atoms with van der Waals surface area (Å²) in [4.78, 5) is 15.1. The van der Waals surface area contributed by atoms with E-state index in [2.05, 4.69) is 10.3 Å². The van der Waals surface area contributed by atoms with Gasteiger partial charge in [0.05, 0.1) is 0 Å². The van der Waals surface area contributed by atoms with Gasteiger partial charge < -0.3 is 11.1 Å². The number of nitrogens with two attached hydrogens (primary N) is 1. The van der Waals surface area contributed by atoms with Gasteiger partial charge in [0.1, 0.15) is 0 Å². The van der Waals surface area contributed by atoms with Crippen LogP contribution >= 0.6 is 0 Å². The zero-order valence-corrected chi connectivity index (χ0v) is 8.29. The van der Waals surface area contributed by atoms with Crippen LogP contribution in [0.15, 0.2) is 18.5 Å². The number of nitrogens with zero attached hydrogens (tertiary/aromatic N) is 1.